The third-order valence-corrected chi connectivity index (χ3v) is 7.84. The summed E-state index contributed by atoms with van der Waals surface area (Å²) in [6, 6.07) is 0. The second kappa shape index (κ2) is 7.43. The van der Waals surface area contributed by atoms with Crippen LogP contribution < -0.4 is 0 Å². The van der Waals surface area contributed by atoms with Crippen LogP contribution in [0.4, 0.5) is 0 Å². The molecule has 1 atom stereocenters. The van der Waals surface area contributed by atoms with Crippen LogP contribution in [0.15, 0.2) is 21.4 Å². The van der Waals surface area contributed by atoms with E-state index in [1.165, 1.54) is 10.4 Å². The molecule has 4 rings (SSSR count). The third-order valence-electron chi connectivity index (χ3n) is 4.44. The summed E-state index contributed by atoms with van der Waals surface area (Å²) in [7, 11) is 0. The third kappa shape index (κ3) is 3.22. The fraction of sp³-hybridized carbons (Fsp3) is 0.471. The Balaban J connectivity index is 1.91. The highest BCUT2D eigenvalue weighted by Crippen LogP contribution is 2.40. The van der Waals surface area contributed by atoms with Gasteiger partial charge in [0.2, 0.25) is 0 Å². The number of thiophene rings is 1. The Kier molecular flexibility index (Phi) is 5.35. The van der Waals surface area contributed by atoms with Gasteiger partial charge in [-0.15, -0.1) is 21.5 Å². The van der Waals surface area contributed by atoms with Crippen LogP contribution in [0.1, 0.15) is 24.3 Å². The molecule has 5 nitrogen and oxygen atoms in total. The molecule has 0 aliphatic carbocycles. The average molecular weight is 471 g/mol. The van der Waals surface area contributed by atoms with Crippen molar-refractivity contribution in [2.24, 2.45) is 5.92 Å². The molecular formula is C17H19BrN4OS3. The minimum atomic E-state index is 0.245. The molecule has 0 radical (unpaired) electrons. The minimum Gasteiger partial charge on any atom is -0.372 e. The molecule has 0 fully saturated rings. The number of nitrogens with zero attached hydrogens (tertiary/aromatic N) is 4. The summed E-state index contributed by atoms with van der Waals surface area (Å²) in [6.07, 6.45) is 3.20. The van der Waals surface area contributed by atoms with E-state index >= 15 is 0 Å². The van der Waals surface area contributed by atoms with Crippen LogP contribution in [0, 0.1) is 5.92 Å². The van der Waals surface area contributed by atoms with E-state index in [2.05, 4.69) is 51.0 Å². The number of halogens is 1. The Morgan fingerprint density at radius 2 is 2.23 bits per heavy atom. The highest BCUT2D eigenvalue weighted by Gasteiger charge is 2.28. The number of fused-ring (bicyclic) bond motifs is 5. The molecule has 138 valence electrons. The predicted molar refractivity (Wildman–Crippen MR) is 114 cm³/mol. The summed E-state index contributed by atoms with van der Waals surface area (Å²) in [4.78, 5) is 7.23. The molecule has 9 heteroatoms. The van der Waals surface area contributed by atoms with Gasteiger partial charge in [-0.3, -0.25) is 0 Å². The maximum absolute atomic E-state index is 6.05. The molecule has 1 unspecified atom stereocenters. The van der Waals surface area contributed by atoms with E-state index in [9.17, 15) is 0 Å². The van der Waals surface area contributed by atoms with Gasteiger partial charge in [0.15, 0.2) is 16.0 Å². The molecule has 0 N–H and O–H groups in total. The van der Waals surface area contributed by atoms with Crippen LogP contribution in [0.5, 0.6) is 0 Å². The first-order valence-corrected chi connectivity index (χ1v) is 12.1. The lowest BCUT2D eigenvalue weighted by Gasteiger charge is -2.26. The van der Waals surface area contributed by atoms with Gasteiger partial charge in [0.1, 0.15) is 4.83 Å². The van der Waals surface area contributed by atoms with Gasteiger partial charge in [0.25, 0.3) is 0 Å². The summed E-state index contributed by atoms with van der Waals surface area (Å²) in [5.41, 5.74) is 2.25. The van der Waals surface area contributed by atoms with Crippen LogP contribution in [0.25, 0.3) is 15.9 Å². The Bertz CT molecular complexity index is 997. The van der Waals surface area contributed by atoms with Gasteiger partial charge < -0.3 is 4.74 Å². The van der Waals surface area contributed by atoms with Crippen LogP contribution in [-0.2, 0) is 17.8 Å². The molecule has 3 aromatic heterocycles. The summed E-state index contributed by atoms with van der Waals surface area (Å²) in [5.74, 6) is 1.24. The van der Waals surface area contributed by atoms with Gasteiger partial charge in [-0.05, 0) is 22.2 Å². The zero-order valence-electron chi connectivity index (χ0n) is 14.8. The van der Waals surface area contributed by atoms with Gasteiger partial charge >= 0.3 is 0 Å². The first-order valence-electron chi connectivity index (χ1n) is 8.30. The van der Waals surface area contributed by atoms with Crippen molar-refractivity contribution in [2.45, 2.75) is 43.3 Å². The number of hydrogen-bond donors (Lipinski definition) is 0. The molecule has 0 saturated heterocycles. The number of thioether (sulfide) groups is 2. The van der Waals surface area contributed by atoms with Gasteiger partial charge in [-0.1, -0.05) is 59.9 Å². The smallest absolute Gasteiger partial charge is 0.198 e. The highest BCUT2D eigenvalue weighted by molar-refractivity contribution is 9.11. The lowest BCUT2D eigenvalue weighted by molar-refractivity contribution is 0.00203. The lowest BCUT2D eigenvalue weighted by atomic mass is 9.96. The largest absolute Gasteiger partial charge is 0.372 e. The summed E-state index contributed by atoms with van der Waals surface area (Å²) < 4.78 is 9.07. The summed E-state index contributed by atoms with van der Waals surface area (Å²) >= 11 is 8.38. The second-order valence-electron chi connectivity index (χ2n) is 6.53. The lowest BCUT2D eigenvalue weighted by Crippen LogP contribution is -2.26. The molecule has 4 heterocycles. The Morgan fingerprint density at radius 3 is 2.92 bits per heavy atom. The quantitative estimate of drug-likeness (QED) is 0.379. The van der Waals surface area contributed by atoms with Crippen molar-refractivity contribution in [3.05, 3.63) is 21.5 Å². The standard InChI is InChI=1S/C17H19BrN4OS3/c1-8(2)11-5-10-12(6-23-11)26-15-13(10)14-20-21-17(25-7-9(3)18)22(14)16(19-15)24-4/h8,11H,3,5-7H2,1-2,4H3. The van der Waals surface area contributed by atoms with E-state index in [1.807, 2.05) is 6.26 Å². The van der Waals surface area contributed by atoms with Crippen LogP contribution in [0.3, 0.4) is 0 Å². The number of aromatic nitrogens is 4. The monoisotopic (exact) mass is 470 g/mol. The van der Waals surface area contributed by atoms with Gasteiger partial charge in [-0.25, -0.2) is 9.38 Å². The molecule has 0 spiro atoms. The molecular weight excluding hydrogens is 452 g/mol. The number of hydrogen-bond acceptors (Lipinski definition) is 7. The van der Waals surface area contributed by atoms with Crippen molar-refractivity contribution >= 4 is 66.7 Å². The second-order valence-corrected chi connectivity index (χ2v) is 10.4. The maximum Gasteiger partial charge on any atom is 0.198 e. The van der Waals surface area contributed by atoms with Crippen LogP contribution in [0.2, 0.25) is 0 Å². The summed E-state index contributed by atoms with van der Waals surface area (Å²) in [6.45, 7) is 8.99. The van der Waals surface area contributed by atoms with E-state index in [0.717, 1.165) is 42.8 Å². The van der Waals surface area contributed by atoms with Crippen molar-refractivity contribution in [2.75, 3.05) is 12.0 Å². The van der Waals surface area contributed by atoms with Crippen molar-refractivity contribution in [1.29, 1.82) is 0 Å². The van der Waals surface area contributed by atoms with Gasteiger partial charge in [0, 0.05) is 17.1 Å². The van der Waals surface area contributed by atoms with E-state index in [0.29, 0.717) is 12.5 Å². The Labute approximate surface area is 173 Å². The van der Waals surface area contributed by atoms with Crippen molar-refractivity contribution < 1.29 is 4.74 Å². The molecule has 0 bridgehead atoms. The van der Waals surface area contributed by atoms with E-state index in [-0.39, 0.29) is 6.10 Å². The highest BCUT2D eigenvalue weighted by atomic mass is 79.9. The Hall–Kier alpha value is -0.610. The molecule has 1 aliphatic heterocycles. The fourth-order valence-corrected chi connectivity index (χ4v) is 5.93. The van der Waals surface area contributed by atoms with E-state index in [1.54, 1.807) is 34.9 Å². The molecule has 0 amide bonds. The van der Waals surface area contributed by atoms with Gasteiger partial charge in [0.05, 0.1) is 18.1 Å². The molecule has 0 saturated carbocycles. The van der Waals surface area contributed by atoms with E-state index in [4.69, 9.17) is 9.72 Å². The first kappa shape index (κ1) is 18.7. The molecule has 0 aromatic carbocycles. The molecule has 3 aromatic rings. The normalized spacial score (nSPS) is 17.3. The Morgan fingerprint density at radius 1 is 1.42 bits per heavy atom. The topological polar surface area (TPSA) is 52.3 Å². The van der Waals surface area contributed by atoms with Crippen molar-refractivity contribution in [1.82, 2.24) is 19.6 Å². The molecule has 26 heavy (non-hydrogen) atoms. The molecule has 1 aliphatic rings. The number of rotatable bonds is 5. The van der Waals surface area contributed by atoms with Crippen LogP contribution in [-0.4, -0.2) is 37.7 Å². The van der Waals surface area contributed by atoms with Gasteiger partial charge in [-0.2, -0.15) is 0 Å². The average Bonchev–Trinajstić information content (AvgIpc) is 3.19. The number of ether oxygens (including phenoxy) is 1. The SMILES string of the molecule is C=C(Br)CSc1nnc2c3c4c(sc3nc(SC)n12)COC(C(C)C)C4. The van der Waals surface area contributed by atoms with Crippen LogP contribution >= 0.6 is 50.8 Å². The zero-order valence-corrected chi connectivity index (χ0v) is 18.8. The fourth-order valence-electron chi connectivity index (χ4n) is 3.13. The van der Waals surface area contributed by atoms with E-state index < -0.39 is 0 Å². The summed E-state index contributed by atoms with van der Waals surface area (Å²) in [5, 5.41) is 11.9. The minimum absolute atomic E-state index is 0.245. The first-order chi connectivity index (χ1) is 12.5. The zero-order chi connectivity index (χ0) is 18.4. The maximum atomic E-state index is 6.05. The van der Waals surface area contributed by atoms with Crippen molar-refractivity contribution in [3.8, 4) is 0 Å². The van der Waals surface area contributed by atoms with Crippen molar-refractivity contribution in [3.63, 3.8) is 0 Å². The predicted octanol–water partition coefficient (Wildman–Crippen LogP) is 5.16.